The van der Waals surface area contributed by atoms with Crippen molar-refractivity contribution in [2.75, 3.05) is 0 Å². The van der Waals surface area contributed by atoms with Crippen LogP contribution in [0.3, 0.4) is 0 Å². The molecule has 2 heterocycles. The summed E-state index contributed by atoms with van der Waals surface area (Å²) >= 11 is 0. The Kier molecular flexibility index (Phi) is 2.94. The minimum atomic E-state index is 0.711. The van der Waals surface area contributed by atoms with Crippen LogP contribution in [0.4, 0.5) is 0 Å². The summed E-state index contributed by atoms with van der Waals surface area (Å²) in [5, 5.41) is 0. The van der Waals surface area contributed by atoms with E-state index in [1.54, 1.807) is 0 Å². The van der Waals surface area contributed by atoms with E-state index >= 15 is 0 Å². The number of hydrogen-bond acceptors (Lipinski definition) is 1. The lowest BCUT2D eigenvalue weighted by Crippen LogP contribution is -1.92. The third kappa shape index (κ3) is 1.94. The van der Waals surface area contributed by atoms with Crippen LogP contribution >= 0.6 is 0 Å². The van der Waals surface area contributed by atoms with E-state index in [0.29, 0.717) is 5.69 Å². The van der Waals surface area contributed by atoms with Crippen LogP contribution < -0.4 is 0 Å². The van der Waals surface area contributed by atoms with E-state index in [9.17, 15) is 4.79 Å². The SMILES string of the molecule is Cc1ccn2c(C=O)c(-c3ccc(C)c(C)c3)cc2c1. The van der Waals surface area contributed by atoms with Gasteiger partial charge >= 0.3 is 0 Å². The van der Waals surface area contributed by atoms with Crippen molar-refractivity contribution in [2.45, 2.75) is 20.8 Å². The number of pyridine rings is 1. The summed E-state index contributed by atoms with van der Waals surface area (Å²) in [5.74, 6) is 0. The molecule has 2 nitrogen and oxygen atoms in total. The van der Waals surface area contributed by atoms with E-state index in [0.717, 1.165) is 22.9 Å². The van der Waals surface area contributed by atoms with Gasteiger partial charge in [0.2, 0.25) is 0 Å². The van der Waals surface area contributed by atoms with E-state index in [2.05, 4.69) is 51.1 Å². The molecule has 0 spiro atoms. The fourth-order valence-electron chi connectivity index (χ4n) is 2.57. The fourth-order valence-corrected chi connectivity index (χ4v) is 2.57. The molecule has 2 aromatic heterocycles. The Bertz CT molecular complexity index is 812. The number of benzene rings is 1. The van der Waals surface area contributed by atoms with Crippen LogP contribution in [0.1, 0.15) is 27.2 Å². The highest BCUT2D eigenvalue weighted by atomic mass is 16.1. The van der Waals surface area contributed by atoms with Crippen molar-refractivity contribution in [3.05, 3.63) is 65.0 Å². The van der Waals surface area contributed by atoms with Crippen LogP contribution in [0.25, 0.3) is 16.6 Å². The molecule has 100 valence electrons. The van der Waals surface area contributed by atoms with Gasteiger partial charge in [-0.3, -0.25) is 4.79 Å². The molecule has 3 aromatic rings. The van der Waals surface area contributed by atoms with Crippen molar-refractivity contribution in [3.8, 4) is 11.1 Å². The Hall–Kier alpha value is -2.35. The first-order chi connectivity index (χ1) is 9.60. The molecule has 3 rings (SSSR count). The monoisotopic (exact) mass is 263 g/mol. The molecule has 0 saturated heterocycles. The molecule has 0 aliphatic heterocycles. The summed E-state index contributed by atoms with van der Waals surface area (Å²) in [6.45, 7) is 6.25. The summed E-state index contributed by atoms with van der Waals surface area (Å²) in [5.41, 5.74) is 7.56. The normalized spacial score (nSPS) is 10.9. The topological polar surface area (TPSA) is 21.5 Å². The minimum absolute atomic E-state index is 0.711. The molecular formula is C18H17NO. The second kappa shape index (κ2) is 4.64. The smallest absolute Gasteiger partial charge is 0.167 e. The van der Waals surface area contributed by atoms with Crippen molar-refractivity contribution in [1.29, 1.82) is 0 Å². The first kappa shape index (κ1) is 12.7. The summed E-state index contributed by atoms with van der Waals surface area (Å²) in [6.07, 6.45) is 2.89. The molecule has 0 saturated carbocycles. The Morgan fingerprint density at radius 3 is 2.45 bits per heavy atom. The molecule has 1 aromatic carbocycles. The van der Waals surface area contributed by atoms with Gasteiger partial charge in [0, 0.05) is 17.3 Å². The Labute approximate surface area is 118 Å². The van der Waals surface area contributed by atoms with Crippen molar-refractivity contribution < 1.29 is 4.79 Å². The van der Waals surface area contributed by atoms with Gasteiger partial charge in [-0.15, -0.1) is 0 Å². The van der Waals surface area contributed by atoms with E-state index in [4.69, 9.17) is 0 Å². The predicted octanol–water partition coefficient (Wildman–Crippen LogP) is 4.34. The summed E-state index contributed by atoms with van der Waals surface area (Å²) in [4.78, 5) is 11.5. The third-order valence-electron chi connectivity index (χ3n) is 3.90. The molecule has 0 unspecified atom stereocenters. The zero-order chi connectivity index (χ0) is 14.3. The number of aldehydes is 1. The molecule has 0 bridgehead atoms. The van der Waals surface area contributed by atoms with Gasteiger partial charge in [0.1, 0.15) is 0 Å². The van der Waals surface area contributed by atoms with Gasteiger partial charge in [-0.05, 0) is 61.2 Å². The quantitative estimate of drug-likeness (QED) is 0.630. The third-order valence-corrected chi connectivity index (χ3v) is 3.90. The second-order valence-corrected chi connectivity index (χ2v) is 5.36. The van der Waals surface area contributed by atoms with E-state index < -0.39 is 0 Å². The maximum Gasteiger partial charge on any atom is 0.167 e. The highest BCUT2D eigenvalue weighted by Gasteiger charge is 2.11. The largest absolute Gasteiger partial charge is 0.314 e. The number of aromatic nitrogens is 1. The van der Waals surface area contributed by atoms with Crippen molar-refractivity contribution in [1.82, 2.24) is 4.40 Å². The van der Waals surface area contributed by atoms with Crippen molar-refractivity contribution in [2.24, 2.45) is 0 Å². The standard InChI is InChI=1S/C18H17NO/c1-12-6-7-19-16(8-12)10-17(18(19)11-20)15-5-4-13(2)14(3)9-15/h4-11H,1-3H3. The van der Waals surface area contributed by atoms with Crippen LogP contribution in [-0.4, -0.2) is 10.7 Å². The molecule has 20 heavy (non-hydrogen) atoms. The van der Waals surface area contributed by atoms with Gasteiger partial charge in [0.25, 0.3) is 0 Å². The van der Waals surface area contributed by atoms with E-state index in [1.165, 1.54) is 16.7 Å². The van der Waals surface area contributed by atoms with Gasteiger partial charge in [0.15, 0.2) is 6.29 Å². The molecule has 0 aliphatic rings. The Morgan fingerprint density at radius 1 is 0.950 bits per heavy atom. The number of carbonyl (C=O) groups excluding carboxylic acids is 1. The highest BCUT2D eigenvalue weighted by molar-refractivity contribution is 5.90. The number of hydrogen-bond donors (Lipinski definition) is 0. The lowest BCUT2D eigenvalue weighted by molar-refractivity contribution is 0.111. The molecule has 0 amide bonds. The zero-order valence-corrected chi connectivity index (χ0v) is 12.0. The number of fused-ring (bicyclic) bond motifs is 1. The summed E-state index contributed by atoms with van der Waals surface area (Å²) < 4.78 is 1.95. The fraction of sp³-hybridized carbons (Fsp3) is 0.167. The molecule has 0 atom stereocenters. The van der Waals surface area contributed by atoms with Crippen LogP contribution in [0.5, 0.6) is 0 Å². The predicted molar refractivity (Wildman–Crippen MR) is 82.4 cm³/mol. The molecule has 0 aliphatic carbocycles. The van der Waals surface area contributed by atoms with Crippen LogP contribution in [0.2, 0.25) is 0 Å². The number of nitrogens with zero attached hydrogens (tertiary/aromatic N) is 1. The number of aryl methyl sites for hydroxylation is 3. The average molecular weight is 263 g/mol. The van der Waals surface area contributed by atoms with Gasteiger partial charge < -0.3 is 4.40 Å². The first-order valence-electron chi connectivity index (χ1n) is 6.74. The van der Waals surface area contributed by atoms with Crippen molar-refractivity contribution in [3.63, 3.8) is 0 Å². The van der Waals surface area contributed by atoms with E-state index in [-0.39, 0.29) is 0 Å². The van der Waals surface area contributed by atoms with Crippen LogP contribution in [-0.2, 0) is 0 Å². The van der Waals surface area contributed by atoms with Gasteiger partial charge in [-0.2, -0.15) is 0 Å². The highest BCUT2D eigenvalue weighted by Crippen LogP contribution is 2.28. The minimum Gasteiger partial charge on any atom is -0.314 e. The van der Waals surface area contributed by atoms with Gasteiger partial charge in [0.05, 0.1) is 5.69 Å². The zero-order valence-electron chi connectivity index (χ0n) is 12.0. The van der Waals surface area contributed by atoms with E-state index in [1.807, 2.05) is 16.7 Å². The number of carbonyl (C=O) groups is 1. The summed E-state index contributed by atoms with van der Waals surface area (Å²) in [6, 6.07) is 12.5. The maximum atomic E-state index is 11.5. The molecule has 2 heteroatoms. The van der Waals surface area contributed by atoms with Gasteiger partial charge in [-0.1, -0.05) is 18.2 Å². The lowest BCUT2D eigenvalue weighted by atomic mass is 10.0. The Morgan fingerprint density at radius 2 is 1.75 bits per heavy atom. The number of rotatable bonds is 2. The molecule has 0 fully saturated rings. The van der Waals surface area contributed by atoms with Gasteiger partial charge in [-0.25, -0.2) is 0 Å². The first-order valence-corrected chi connectivity index (χ1v) is 6.74. The lowest BCUT2D eigenvalue weighted by Gasteiger charge is -2.05. The second-order valence-electron chi connectivity index (χ2n) is 5.36. The average Bonchev–Trinajstić information content (AvgIpc) is 2.79. The van der Waals surface area contributed by atoms with Crippen LogP contribution in [0, 0.1) is 20.8 Å². The van der Waals surface area contributed by atoms with Crippen molar-refractivity contribution >= 4 is 11.8 Å². The maximum absolute atomic E-state index is 11.5. The summed E-state index contributed by atoms with van der Waals surface area (Å²) in [7, 11) is 0. The molecule has 0 radical (unpaired) electrons. The van der Waals surface area contributed by atoms with Crippen LogP contribution in [0.15, 0.2) is 42.6 Å². The molecular weight excluding hydrogens is 246 g/mol. The Balaban J connectivity index is 2.29. The molecule has 0 N–H and O–H groups in total.